The van der Waals surface area contributed by atoms with E-state index in [4.69, 9.17) is 11.6 Å². The van der Waals surface area contributed by atoms with E-state index >= 15 is 0 Å². The average Bonchev–Trinajstić information content (AvgIpc) is 2.93. The van der Waals surface area contributed by atoms with Crippen LogP contribution in [0.2, 0.25) is 5.02 Å². The number of aliphatic hydroxyl groups is 1. The number of rotatable bonds is 5. The third-order valence-corrected chi connectivity index (χ3v) is 5.51. The molecule has 0 radical (unpaired) electrons. The summed E-state index contributed by atoms with van der Waals surface area (Å²) in [5, 5.41) is 9.90. The molecule has 0 aliphatic carbocycles. The van der Waals surface area contributed by atoms with Gasteiger partial charge in [0.15, 0.2) is 0 Å². The van der Waals surface area contributed by atoms with E-state index in [2.05, 4.69) is 9.80 Å². The molecule has 0 amide bonds. The molecular weight excluding hydrogens is 315 g/mol. The molecule has 2 atom stereocenters. The summed E-state index contributed by atoms with van der Waals surface area (Å²) in [4.78, 5) is 4.91. The molecule has 3 nitrogen and oxygen atoms in total. The Bertz CT molecular complexity index is 522. The van der Waals surface area contributed by atoms with Crippen molar-refractivity contribution < 1.29 is 9.50 Å². The quantitative estimate of drug-likeness (QED) is 0.892. The molecule has 5 heteroatoms. The molecule has 23 heavy (non-hydrogen) atoms. The third kappa shape index (κ3) is 4.44. The summed E-state index contributed by atoms with van der Waals surface area (Å²) in [7, 11) is 0. The summed E-state index contributed by atoms with van der Waals surface area (Å²) in [6.07, 6.45) is 3.95. The van der Waals surface area contributed by atoms with Gasteiger partial charge in [0, 0.05) is 32.8 Å². The monoisotopic (exact) mass is 340 g/mol. The Morgan fingerprint density at radius 1 is 1.09 bits per heavy atom. The van der Waals surface area contributed by atoms with Crippen molar-refractivity contribution in [2.45, 2.75) is 25.8 Å². The van der Waals surface area contributed by atoms with Crippen molar-refractivity contribution in [2.24, 2.45) is 11.8 Å². The predicted molar refractivity (Wildman–Crippen MR) is 91.0 cm³/mol. The van der Waals surface area contributed by atoms with Gasteiger partial charge in [0.05, 0.1) is 5.02 Å². The summed E-state index contributed by atoms with van der Waals surface area (Å²) in [6.45, 7) is 6.41. The molecule has 0 saturated carbocycles. The largest absolute Gasteiger partial charge is 0.396 e. The van der Waals surface area contributed by atoms with Gasteiger partial charge in [-0.15, -0.1) is 0 Å². The van der Waals surface area contributed by atoms with Crippen LogP contribution in [0, 0.1) is 17.7 Å². The minimum atomic E-state index is -0.368. The van der Waals surface area contributed by atoms with E-state index in [1.54, 1.807) is 12.1 Å². The van der Waals surface area contributed by atoms with Gasteiger partial charge >= 0.3 is 0 Å². The first-order valence-corrected chi connectivity index (χ1v) is 9.03. The van der Waals surface area contributed by atoms with Gasteiger partial charge in [0.25, 0.3) is 0 Å². The lowest BCUT2D eigenvalue weighted by Gasteiger charge is -2.30. The van der Waals surface area contributed by atoms with Gasteiger partial charge < -0.3 is 10.0 Å². The molecule has 1 aromatic carbocycles. The normalized spacial score (nSPS) is 26.7. The molecule has 0 spiro atoms. The van der Waals surface area contributed by atoms with Crippen LogP contribution in [0.15, 0.2) is 18.2 Å². The molecule has 2 saturated heterocycles. The zero-order valence-electron chi connectivity index (χ0n) is 13.6. The summed E-state index contributed by atoms with van der Waals surface area (Å²) < 4.78 is 13.3. The van der Waals surface area contributed by atoms with Gasteiger partial charge in [0.1, 0.15) is 5.82 Å². The number of aliphatic hydroxyl groups excluding tert-OH is 1. The maximum Gasteiger partial charge on any atom is 0.141 e. The Morgan fingerprint density at radius 2 is 1.83 bits per heavy atom. The summed E-state index contributed by atoms with van der Waals surface area (Å²) >= 11 is 5.87. The SMILES string of the molecule is OC[C@@H]1CN(Cc2ccc(F)c(Cl)c2)C[C@@H]1CN1CCCCC1. The van der Waals surface area contributed by atoms with Crippen molar-refractivity contribution in [3.05, 3.63) is 34.6 Å². The lowest BCUT2D eigenvalue weighted by atomic mass is 9.95. The van der Waals surface area contributed by atoms with E-state index < -0.39 is 0 Å². The molecule has 1 aromatic rings. The van der Waals surface area contributed by atoms with E-state index in [0.29, 0.717) is 11.8 Å². The second-order valence-corrected chi connectivity index (χ2v) is 7.41. The highest BCUT2D eigenvalue weighted by atomic mass is 35.5. The number of piperidine rings is 1. The van der Waals surface area contributed by atoms with Crippen LogP contribution >= 0.6 is 11.6 Å². The van der Waals surface area contributed by atoms with Crippen molar-refractivity contribution in [2.75, 3.05) is 39.3 Å². The number of hydrogen-bond donors (Lipinski definition) is 1. The minimum absolute atomic E-state index is 0.185. The molecule has 0 aromatic heterocycles. The number of benzene rings is 1. The lowest BCUT2D eigenvalue weighted by Crippen LogP contribution is -2.37. The smallest absolute Gasteiger partial charge is 0.141 e. The highest BCUT2D eigenvalue weighted by molar-refractivity contribution is 6.30. The molecule has 1 N–H and O–H groups in total. The fraction of sp³-hybridized carbons (Fsp3) is 0.667. The number of hydrogen-bond acceptors (Lipinski definition) is 3. The van der Waals surface area contributed by atoms with Gasteiger partial charge in [-0.3, -0.25) is 4.90 Å². The van der Waals surface area contributed by atoms with E-state index in [1.807, 2.05) is 0 Å². The zero-order chi connectivity index (χ0) is 16.2. The summed E-state index contributed by atoms with van der Waals surface area (Å²) in [6, 6.07) is 4.94. The molecular formula is C18H26ClFN2O. The number of halogens is 2. The summed E-state index contributed by atoms with van der Waals surface area (Å²) in [5.41, 5.74) is 1.03. The van der Waals surface area contributed by atoms with Gasteiger partial charge in [0.2, 0.25) is 0 Å². The number of likely N-dealkylation sites (tertiary alicyclic amines) is 2. The van der Waals surface area contributed by atoms with Gasteiger partial charge in [-0.2, -0.15) is 0 Å². The van der Waals surface area contributed by atoms with Crippen LogP contribution in [-0.2, 0) is 6.54 Å². The van der Waals surface area contributed by atoms with Crippen LogP contribution in [-0.4, -0.2) is 54.2 Å². The van der Waals surface area contributed by atoms with Crippen molar-refractivity contribution in [3.8, 4) is 0 Å². The van der Waals surface area contributed by atoms with Crippen molar-refractivity contribution in [1.82, 2.24) is 9.80 Å². The highest BCUT2D eigenvalue weighted by Crippen LogP contribution is 2.27. The van der Waals surface area contributed by atoms with Crippen LogP contribution < -0.4 is 0 Å². The first-order chi connectivity index (χ1) is 11.2. The molecule has 3 rings (SSSR count). The topological polar surface area (TPSA) is 26.7 Å². The predicted octanol–water partition coefficient (Wildman–Crippen LogP) is 3.01. The van der Waals surface area contributed by atoms with Crippen LogP contribution in [0.1, 0.15) is 24.8 Å². The molecule has 2 aliphatic rings. The second-order valence-electron chi connectivity index (χ2n) is 7.01. The van der Waals surface area contributed by atoms with Gasteiger partial charge in [-0.05, 0) is 55.5 Å². The first-order valence-electron chi connectivity index (χ1n) is 8.65. The Hall–Kier alpha value is -0.680. The van der Waals surface area contributed by atoms with Gasteiger partial charge in [-0.1, -0.05) is 24.1 Å². The first kappa shape index (κ1) is 17.2. The van der Waals surface area contributed by atoms with Crippen molar-refractivity contribution in [3.63, 3.8) is 0 Å². The third-order valence-electron chi connectivity index (χ3n) is 5.22. The molecule has 0 bridgehead atoms. The fourth-order valence-corrected chi connectivity index (χ4v) is 4.15. The Kier molecular flexibility index (Phi) is 5.91. The van der Waals surface area contributed by atoms with Crippen LogP contribution in [0.4, 0.5) is 4.39 Å². The van der Waals surface area contributed by atoms with E-state index in [1.165, 1.54) is 38.4 Å². The standard InChI is InChI=1S/C18H26ClFN2O/c19-17-8-14(4-5-18(17)20)9-22-11-15(16(12-22)13-23)10-21-6-2-1-3-7-21/h4-5,8,15-16,23H,1-3,6-7,9-13H2/t15-,16-/m0/s1. The highest BCUT2D eigenvalue weighted by Gasteiger charge is 2.33. The average molecular weight is 341 g/mol. The molecule has 2 heterocycles. The van der Waals surface area contributed by atoms with Crippen LogP contribution in [0.5, 0.6) is 0 Å². The Balaban J connectivity index is 1.58. The van der Waals surface area contributed by atoms with Crippen LogP contribution in [0.25, 0.3) is 0 Å². The zero-order valence-corrected chi connectivity index (χ0v) is 14.3. The van der Waals surface area contributed by atoms with Crippen LogP contribution in [0.3, 0.4) is 0 Å². The van der Waals surface area contributed by atoms with Gasteiger partial charge in [-0.25, -0.2) is 4.39 Å². The summed E-state index contributed by atoms with van der Waals surface area (Å²) in [5.74, 6) is 0.495. The Labute approximate surface area is 143 Å². The van der Waals surface area contributed by atoms with E-state index in [9.17, 15) is 9.50 Å². The minimum Gasteiger partial charge on any atom is -0.396 e. The molecule has 0 unspecified atom stereocenters. The van der Waals surface area contributed by atoms with E-state index in [0.717, 1.165) is 31.7 Å². The molecule has 2 aliphatic heterocycles. The maximum atomic E-state index is 13.3. The van der Waals surface area contributed by atoms with E-state index in [-0.39, 0.29) is 17.4 Å². The molecule has 128 valence electrons. The maximum absolute atomic E-state index is 13.3. The van der Waals surface area contributed by atoms with Crippen molar-refractivity contribution in [1.29, 1.82) is 0 Å². The lowest BCUT2D eigenvalue weighted by molar-refractivity contribution is 0.149. The van der Waals surface area contributed by atoms with Crippen molar-refractivity contribution >= 4 is 11.6 Å². The second kappa shape index (κ2) is 7.93. The Morgan fingerprint density at radius 3 is 2.52 bits per heavy atom. The number of nitrogens with zero attached hydrogens (tertiary/aromatic N) is 2. The molecule has 2 fully saturated rings. The fourth-order valence-electron chi connectivity index (χ4n) is 3.95.